The first kappa shape index (κ1) is 12.9. The van der Waals surface area contributed by atoms with E-state index in [1.165, 1.54) is 0 Å². The number of anilines is 3. The molecule has 3 N–H and O–H groups in total. The number of nitriles is 1. The van der Waals surface area contributed by atoms with Gasteiger partial charge in [0.05, 0.1) is 17.9 Å². The maximum atomic E-state index is 8.94. The molecule has 1 aromatic heterocycles. The lowest BCUT2D eigenvalue weighted by Crippen LogP contribution is -2.03. The molecule has 0 bridgehead atoms. The number of nitrogens with zero attached hydrogens (tertiary/aromatic N) is 2. The van der Waals surface area contributed by atoms with Gasteiger partial charge in [-0.25, -0.2) is 4.98 Å². The summed E-state index contributed by atoms with van der Waals surface area (Å²) in [5.41, 5.74) is 8.49. The molecule has 0 aliphatic heterocycles. The Bertz CT molecular complexity index is 619. The lowest BCUT2D eigenvalue weighted by molar-refractivity contribution is 0.185. The van der Waals surface area contributed by atoms with E-state index in [2.05, 4.69) is 10.3 Å². The standard InChI is InChI=1S/C14H14N4O/c1-19-9-11-4-2-3-5-12(11)18-14-13(16)10(8-15)6-7-17-14/h2-7H,9,16H2,1H3,(H,17,18). The van der Waals surface area contributed by atoms with Crippen LogP contribution in [-0.2, 0) is 11.3 Å². The molecule has 1 aromatic carbocycles. The topological polar surface area (TPSA) is 84.0 Å². The van der Waals surface area contributed by atoms with Crippen molar-refractivity contribution in [2.24, 2.45) is 0 Å². The molecule has 19 heavy (non-hydrogen) atoms. The number of nitrogens with one attached hydrogen (secondary N) is 1. The van der Waals surface area contributed by atoms with Crippen molar-refractivity contribution in [3.8, 4) is 6.07 Å². The second-order valence-corrected chi connectivity index (χ2v) is 3.95. The Kier molecular flexibility index (Phi) is 3.96. The number of benzene rings is 1. The van der Waals surface area contributed by atoms with Crippen LogP contribution in [0.15, 0.2) is 36.5 Å². The van der Waals surface area contributed by atoms with E-state index in [-0.39, 0.29) is 0 Å². The Hall–Kier alpha value is -2.58. The summed E-state index contributed by atoms with van der Waals surface area (Å²) < 4.78 is 5.14. The van der Waals surface area contributed by atoms with Crippen LogP contribution in [0.4, 0.5) is 17.2 Å². The summed E-state index contributed by atoms with van der Waals surface area (Å²) in [6.07, 6.45) is 1.55. The van der Waals surface area contributed by atoms with Crippen molar-refractivity contribution >= 4 is 17.2 Å². The zero-order chi connectivity index (χ0) is 13.7. The van der Waals surface area contributed by atoms with E-state index in [9.17, 15) is 0 Å². The molecular formula is C14H14N4O. The van der Waals surface area contributed by atoms with Gasteiger partial charge in [-0.3, -0.25) is 0 Å². The minimum absolute atomic E-state index is 0.345. The number of pyridine rings is 1. The predicted octanol–water partition coefficient (Wildman–Crippen LogP) is 2.43. The summed E-state index contributed by atoms with van der Waals surface area (Å²) in [6.45, 7) is 0.487. The SMILES string of the molecule is COCc1ccccc1Nc1nccc(C#N)c1N. The number of hydrogen-bond acceptors (Lipinski definition) is 5. The first-order valence-corrected chi connectivity index (χ1v) is 5.74. The summed E-state index contributed by atoms with van der Waals surface area (Å²) in [5, 5.41) is 12.1. The third kappa shape index (κ3) is 2.81. The van der Waals surface area contributed by atoms with Gasteiger partial charge in [0, 0.05) is 24.6 Å². The number of para-hydroxylation sites is 1. The summed E-state index contributed by atoms with van der Waals surface area (Å²) in [6, 6.07) is 11.3. The highest BCUT2D eigenvalue weighted by Gasteiger charge is 2.08. The molecule has 0 atom stereocenters. The lowest BCUT2D eigenvalue weighted by Gasteiger charge is -2.12. The molecule has 96 valence electrons. The van der Waals surface area contributed by atoms with E-state index in [4.69, 9.17) is 15.7 Å². The van der Waals surface area contributed by atoms with E-state index in [0.717, 1.165) is 11.3 Å². The minimum Gasteiger partial charge on any atom is -0.395 e. The highest BCUT2D eigenvalue weighted by molar-refractivity contribution is 5.74. The fourth-order valence-corrected chi connectivity index (χ4v) is 1.72. The van der Waals surface area contributed by atoms with Crippen molar-refractivity contribution in [2.45, 2.75) is 6.61 Å². The van der Waals surface area contributed by atoms with E-state index in [1.54, 1.807) is 19.4 Å². The first-order valence-electron chi connectivity index (χ1n) is 5.74. The monoisotopic (exact) mass is 254 g/mol. The molecule has 0 saturated heterocycles. The number of ether oxygens (including phenoxy) is 1. The maximum Gasteiger partial charge on any atom is 0.154 e. The normalized spacial score (nSPS) is 9.89. The van der Waals surface area contributed by atoms with Gasteiger partial charge in [-0.2, -0.15) is 5.26 Å². The fourth-order valence-electron chi connectivity index (χ4n) is 1.72. The highest BCUT2D eigenvalue weighted by Crippen LogP contribution is 2.25. The van der Waals surface area contributed by atoms with E-state index in [0.29, 0.717) is 23.7 Å². The quantitative estimate of drug-likeness (QED) is 0.875. The Morgan fingerprint density at radius 1 is 1.37 bits per heavy atom. The number of aromatic nitrogens is 1. The number of rotatable bonds is 4. The molecule has 5 heteroatoms. The number of nitrogen functional groups attached to an aromatic ring is 1. The maximum absolute atomic E-state index is 8.94. The zero-order valence-electron chi connectivity index (χ0n) is 10.6. The van der Waals surface area contributed by atoms with Crippen LogP contribution in [0, 0.1) is 11.3 Å². The molecular weight excluding hydrogens is 240 g/mol. The third-order valence-corrected chi connectivity index (χ3v) is 2.68. The molecule has 0 spiro atoms. The van der Waals surface area contributed by atoms with Gasteiger partial charge in [0.1, 0.15) is 6.07 Å². The summed E-state index contributed by atoms with van der Waals surface area (Å²) >= 11 is 0. The predicted molar refractivity (Wildman–Crippen MR) is 73.8 cm³/mol. The highest BCUT2D eigenvalue weighted by atomic mass is 16.5. The van der Waals surface area contributed by atoms with Gasteiger partial charge in [0.15, 0.2) is 5.82 Å². The number of nitrogens with two attached hydrogens (primary N) is 1. The molecule has 1 heterocycles. The van der Waals surface area contributed by atoms with Gasteiger partial charge in [-0.05, 0) is 12.1 Å². The molecule has 0 saturated carbocycles. The fraction of sp³-hybridized carbons (Fsp3) is 0.143. The van der Waals surface area contributed by atoms with Crippen LogP contribution in [0.2, 0.25) is 0 Å². The smallest absolute Gasteiger partial charge is 0.154 e. The Labute approximate surface area is 111 Å². The van der Waals surface area contributed by atoms with Gasteiger partial charge in [-0.1, -0.05) is 18.2 Å². The minimum atomic E-state index is 0.345. The van der Waals surface area contributed by atoms with Crippen molar-refractivity contribution in [1.29, 1.82) is 5.26 Å². The average Bonchev–Trinajstić information content (AvgIpc) is 2.43. The van der Waals surface area contributed by atoms with Gasteiger partial charge in [0.2, 0.25) is 0 Å². The van der Waals surface area contributed by atoms with Gasteiger partial charge in [0.25, 0.3) is 0 Å². The van der Waals surface area contributed by atoms with Crippen LogP contribution in [0.1, 0.15) is 11.1 Å². The Morgan fingerprint density at radius 2 is 2.16 bits per heavy atom. The van der Waals surface area contributed by atoms with Crippen LogP contribution < -0.4 is 11.1 Å². The van der Waals surface area contributed by atoms with Crippen LogP contribution in [0.3, 0.4) is 0 Å². The Morgan fingerprint density at radius 3 is 2.89 bits per heavy atom. The van der Waals surface area contributed by atoms with Crippen LogP contribution in [0.25, 0.3) is 0 Å². The third-order valence-electron chi connectivity index (χ3n) is 2.68. The zero-order valence-corrected chi connectivity index (χ0v) is 10.6. The van der Waals surface area contributed by atoms with Crippen molar-refractivity contribution in [3.05, 3.63) is 47.7 Å². The van der Waals surface area contributed by atoms with Crippen molar-refractivity contribution < 1.29 is 4.74 Å². The number of methoxy groups -OCH3 is 1. The molecule has 0 unspecified atom stereocenters. The molecule has 0 fully saturated rings. The van der Waals surface area contributed by atoms with Crippen LogP contribution >= 0.6 is 0 Å². The average molecular weight is 254 g/mol. The van der Waals surface area contributed by atoms with Gasteiger partial charge >= 0.3 is 0 Å². The van der Waals surface area contributed by atoms with Crippen molar-refractivity contribution in [2.75, 3.05) is 18.2 Å². The van der Waals surface area contributed by atoms with Crippen molar-refractivity contribution in [3.63, 3.8) is 0 Å². The van der Waals surface area contributed by atoms with E-state index < -0.39 is 0 Å². The molecule has 2 aromatic rings. The molecule has 0 radical (unpaired) electrons. The number of hydrogen-bond donors (Lipinski definition) is 2. The molecule has 0 amide bonds. The first-order chi connectivity index (χ1) is 9.26. The lowest BCUT2D eigenvalue weighted by atomic mass is 10.1. The summed E-state index contributed by atoms with van der Waals surface area (Å²) in [7, 11) is 1.64. The molecule has 0 aliphatic rings. The summed E-state index contributed by atoms with van der Waals surface area (Å²) in [5.74, 6) is 0.475. The molecule has 0 aliphatic carbocycles. The van der Waals surface area contributed by atoms with Crippen LogP contribution in [-0.4, -0.2) is 12.1 Å². The second kappa shape index (κ2) is 5.85. The molecule has 2 rings (SSSR count). The molecule has 5 nitrogen and oxygen atoms in total. The van der Waals surface area contributed by atoms with E-state index >= 15 is 0 Å². The van der Waals surface area contributed by atoms with Gasteiger partial charge in [-0.15, -0.1) is 0 Å². The summed E-state index contributed by atoms with van der Waals surface area (Å²) in [4.78, 5) is 4.16. The Balaban J connectivity index is 2.34. The second-order valence-electron chi connectivity index (χ2n) is 3.95. The van der Waals surface area contributed by atoms with E-state index in [1.807, 2.05) is 30.3 Å². The van der Waals surface area contributed by atoms with Crippen LogP contribution in [0.5, 0.6) is 0 Å². The van der Waals surface area contributed by atoms with Gasteiger partial charge < -0.3 is 15.8 Å². The van der Waals surface area contributed by atoms with Crippen molar-refractivity contribution in [1.82, 2.24) is 4.98 Å². The largest absolute Gasteiger partial charge is 0.395 e.